The van der Waals surface area contributed by atoms with Crippen LogP contribution in [-0.4, -0.2) is 16.7 Å². The molecule has 0 saturated heterocycles. The number of H-pyrrole nitrogens is 1. The zero-order valence-corrected chi connectivity index (χ0v) is 6.42. The van der Waals surface area contributed by atoms with Crippen molar-refractivity contribution in [1.29, 1.82) is 0 Å². The first kappa shape index (κ1) is 8.01. The monoisotopic (exact) mass is 153 g/mol. The van der Waals surface area contributed by atoms with Crippen molar-refractivity contribution in [2.75, 3.05) is 6.61 Å². The van der Waals surface area contributed by atoms with E-state index in [2.05, 4.69) is 4.98 Å². The minimum Gasteiger partial charge on any atom is -0.396 e. The van der Waals surface area contributed by atoms with Crippen molar-refractivity contribution in [3.8, 4) is 0 Å². The van der Waals surface area contributed by atoms with E-state index < -0.39 is 0 Å². The van der Waals surface area contributed by atoms with Crippen molar-refractivity contribution in [2.45, 2.75) is 13.3 Å². The zero-order valence-electron chi connectivity index (χ0n) is 6.42. The predicted octanol–water partition coefficient (Wildman–Crippen LogP) is 0.218. The van der Waals surface area contributed by atoms with Crippen LogP contribution in [0.3, 0.4) is 0 Å². The van der Waals surface area contributed by atoms with Crippen molar-refractivity contribution in [1.82, 2.24) is 4.98 Å². The van der Waals surface area contributed by atoms with E-state index in [1.54, 1.807) is 6.07 Å². The summed E-state index contributed by atoms with van der Waals surface area (Å²) in [7, 11) is 0. The number of aliphatic hydroxyl groups excluding tert-OH is 1. The molecule has 60 valence electrons. The first-order valence-corrected chi connectivity index (χ1v) is 3.53. The van der Waals surface area contributed by atoms with Crippen molar-refractivity contribution in [2.24, 2.45) is 0 Å². The lowest BCUT2D eigenvalue weighted by Crippen LogP contribution is -2.08. The smallest absolute Gasteiger partial charge is 0.248 e. The van der Waals surface area contributed by atoms with E-state index in [0.29, 0.717) is 6.42 Å². The van der Waals surface area contributed by atoms with Gasteiger partial charge in [-0.2, -0.15) is 0 Å². The molecule has 1 aromatic rings. The molecule has 0 fully saturated rings. The maximum atomic E-state index is 10.7. The molecule has 0 aliphatic carbocycles. The first-order chi connectivity index (χ1) is 5.24. The third-order valence-electron chi connectivity index (χ3n) is 1.61. The minimum atomic E-state index is -0.0933. The highest BCUT2D eigenvalue weighted by molar-refractivity contribution is 5.18. The van der Waals surface area contributed by atoms with Gasteiger partial charge >= 0.3 is 0 Å². The molecule has 2 N–H and O–H groups in total. The molecule has 0 aliphatic heterocycles. The Morgan fingerprint density at radius 2 is 2.27 bits per heavy atom. The highest BCUT2D eigenvalue weighted by Gasteiger charge is 1.96. The maximum absolute atomic E-state index is 10.7. The van der Waals surface area contributed by atoms with Gasteiger partial charge in [-0.25, -0.2) is 0 Å². The summed E-state index contributed by atoms with van der Waals surface area (Å²) in [4.78, 5) is 13.4. The maximum Gasteiger partial charge on any atom is 0.248 e. The van der Waals surface area contributed by atoms with Gasteiger partial charge in [0.15, 0.2) is 0 Å². The van der Waals surface area contributed by atoms with Gasteiger partial charge in [0.25, 0.3) is 0 Å². The van der Waals surface area contributed by atoms with E-state index in [-0.39, 0.29) is 12.2 Å². The molecule has 0 aromatic carbocycles. The molecule has 0 amide bonds. The number of aromatic amines is 1. The molecule has 1 heterocycles. The van der Waals surface area contributed by atoms with Crippen molar-refractivity contribution in [3.05, 3.63) is 33.7 Å². The fourth-order valence-electron chi connectivity index (χ4n) is 0.999. The van der Waals surface area contributed by atoms with Crippen LogP contribution < -0.4 is 5.56 Å². The fraction of sp³-hybridized carbons (Fsp3) is 0.375. The number of aryl methyl sites for hydroxylation is 1. The van der Waals surface area contributed by atoms with E-state index in [1.165, 1.54) is 6.07 Å². The van der Waals surface area contributed by atoms with E-state index >= 15 is 0 Å². The van der Waals surface area contributed by atoms with Crippen LogP contribution in [0.15, 0.2) is 16.9 Å². The van der Waals surface area contributed by atoms with Gasteiger partial charge in [-0.05, 0) is 18.9 Å². The number of nitrogens with one attached hydrogen (secondary N) is 1. The molecule has 0 spiro atoms. The normalized spacial score (nSPS) is 10.0. The predicted molar refractivity (Wildman–Crippen MR) is 42.6 cm³/mol. The summed E-state index contributed by atoms with van der Waals surface area (Å²) in [6, 6.07) is 3.21. The van der Waals surface area contributed by atoms with Crippen LogP contribution in [0, 0.1) is 6.92 Å². The number of hydrogen-bond acceptors (Lipinski definition) is 2. The zero-order chi connectivity index (χ0) is 8.27. The summed E-state index contributed by atoms with van der Waals surface area (Å²) in [6.07, 6.45) is 0.600. The third kappa shape index (κ3) is 1.91. The second-order valence-corrected chi connectivity index (χ2v) is 2.45. The second kappa shape index (κ2) is 3.34. The Morgan fingerprint density at radius 3 is 2.82 bits per heavy atom. The van der Waals surface area contributed by atoms with Crippen molar-refractivity contribution < 1.29 is 5.11 Å². The lowest BCUT2D eigenvalue weighted by Gasteiger charge is -2.00. The molecule has 0 bridgehead atoms. The highest BCUT2D eigenvalue weighted by Crippen LogP contribution is 2.00. The van der Waals surface area contributed by atoms with Gasteiger partial charge in [-0.15, -0.1) is 0 Å². The van der Waals surface area contributed by atoms with Crippen LogP contribution >= 0.6 is 0 Å². The number of hydrogen-bond donors (Lipinski definition) is 2. The molecule has 0 saturated carbocycles. The molecular formula is C8H11NO2. The summed E-state index contributed by atoms with van der Waals surface area (Å²) < 4.78 is 0. The number of rotatable bonds is 2. The Balaban J connectivity index is 2.99. The quantitative estimate of drug-likeness (QED) is 0.638. The molecular weight excluding hydrogens is 142 g/mol. The van der Waals surface area contributed by atoms with E-state index in [0.717, 1.165) is 11.3 Å². The number of aliphatic hydroxyl groups is 1. The number of aromatic nitrogens is 1. The van der Waals surface area contributed by atoms with Gasteiger partial charge in [0.2, 0.25) is 5.56 Å². The van der Waals surface area contributed by atoms with Crippen LogP contribution in [0.25, 0.3) is 0 Å². The van der Waals surface area contributed by atoms with Gasteiger partial charge in [0.05, 0.1) is 0 Å². The minimum absolute atomic E-state index is 0.0933. The van der Waals surface area contributed by atoms with Gasteiger partial charge in [0, 0.05) is 18.4 Å². The third-order valence-corrected chi connectivity index (χ3v) is 1.61. The van der Waals surface area contributed by atoms with Crippen LogP contribution in [-0.2, 0) is 6.42 Å². The van der Waals surface area contributed by atoms with Crippen LogP contribution in [0.1, 0.15) is 11.3 Å². The van der Waals surface area contributed by atoms with E-state index in [4.69, 9.17) is 5.11 Å². The Kier molecular flexibility index (Phi) is 2.44. The summed E-state index contributed by atoms with van der Waals surface area (Å²) >= 11 is 0. The summed E-state index contributed by atoms with van der Waals surface area (Å²) in [5.41, 5.74) is 1.74. The molecule has 0 unspecified atom stereocenters. The Bertz CT molecular complexity index is 290. The van der Waals surface area contributed by atoms with Gasteiger partial charge in [0.1, 0.15) is 0 Å². The average Bonchev–Trinajstić information content (AvgIpc) is 1.95. The molecule has 0 radical (unpaired) electrons. The highest BCUT2D eigenvalue weighted by atomic mass is 16.2. The van der Waals surface area contributed by atoms with Crippen LogP contribution in [0.5, 0.6) is 0 Å². The molecule has 1 aromatic heterocycles. The Hall–Kier alpha value is -1.09. The molecule has 1 rings (SSSR count). The van der Waals surface area contributed by atoms with Crippen LogP contribution in [0.4, 0.5) is 0 Å². The first-order valence-electron chi connectivity index (χ1n) is 3.53. The SMILES string of the molecule is Cc1[nH]c(=O)ccc1CCO. The second-order valence-electron chi connectivity index (χ2n) is 2.45. The molecule has 3 nitrogen and oxygen atoms in total. The standard InChI is InChI=1S/C8H11NO2/c1-6-7(4-5-10)2-3-8(11)9-6/h2-3,10H,4-5H2,1H3,(H,9,11). The van der Waals surface area contributed by atoms with Gasteiger partial charge in [-0.3, -0.25) is 4.79 Å². The lowest BCUT2D eigenvalue weighted by atomic mass is 10.1. The summed E-state index contributed by atoms with van der Waals surface area (Å²) in [6.45, 7) is 1.94. The average molecular weight is 153 g/mol. The van der Waals surface area contributed by atoms with Gasteiger partial charge in [-0.1, -0.05) is 6.07 Å². The molecule has 0 aliphatic rings. The van der Waals surface area contributed by atoms with E-state index in [1.807, 2.05) is 6.92 Å². The summed E-state index contributed by atoms with van der Waals surface area (Å²) in [5, 5.41) is 8.62. The molecule has 11 heavy (non-hydrogen) atoms. The van der Waals surface area contributed by atoms with E-state index in [9.17, 15) is 4.79 Å². The van der Waals surface area contributed by atoms with Gasteiger partial charge < -0.3 is 10.1 Å². The topological polar surface area (TPSA) is 53.1 Å². The molecule has 0 atom stereocenters. The van der Waals surface area contributed by atoms with Crippen molar-refractivity contribution >= 4 is 0 Å². The van der Waals surface area contributed by atoms with Crippen molar-refractivity contribution in [3.63, 3.8) is 0 Å². The van der Waals surface area contributed by atoms with Crippen LogP contribution in [0.2, 0.25) is 0 Å². The molecule has 3 heteroatoms. The largest absolute Gasteiger partial charge is 0.396 e. The Morgan fingerprint density at radius 1 is 1.55 bits per heavy atom. The Labute approximate surface area is 64.7 Å². The lowest BCUT2D eigenvalue weighted by molar-refractivity contribution is 0.299. The summed E-state index contributed by atoms with van der Waals surface area (Å²) in [5.74, 6) is 0. The number of pyridine rings is 1. The fourth-order valence-corrected chi connectivity index (χ4v) is 0.999.